The van der Waals surface area contributed by atoms with Crippen LogP contribution in [0.3, 0.4) is 0 Å². The van der Waals surface area contributed by atoms with Crippen LogP contribution in [-0.2, 0) is 11.2 Å². The molecule has 5 aromatic rings. The van der Waals surface area contributed by atoms with E-state index in [1.54, 1.807) is 30.6 Å². The van der Waals surface area contributed by atoms with E-state index in [0.717, 1.165) is 0 Å². The van der Waals surface area contributed by atoms with Gasteiger partial charge in [0.25, 0.3) is 0 Å². The number of aromatic amines is 1. The van der Waals surface area contributed by atoms with Crippen LogP contribution < -0.4 is 5.32 Å². The number of fused-ring (bicyclic) bond motifs is 1. The molecule has 1 fully saturated rings. The number of nitrogens with one attached hydrogen (secondary N) is 2. The Morgan fingerprint density at radius 3 is 2.61 bits per heavy atom. The number of amides is 1. The number of benzene rings is 2. The third-order valence-corrected chi connectivity index (χ3v) is 6.37. The number of carbonyl (C=O) groups excluding carboxylic acids is 1. The largest absolute Gasteiger partial charge is 0.337 e. The van der Waals surface area contributed by atoms with Gasteiger partial charge in [-0.25, -0.2) is 37.2 Å². The fraction of sp³-hybridized carbons (Fsp3) is 0.192. The maximum absolute atomic E-state index is 14.5. The predicted octanol–water partition coefficient (Wildman–Crippen LogP) is 5.18. The molecule has 3 heterocycles. The van der Waals surface area contributed by atoms with Gasteiger partial charge in [-0.2, -0.15) is 5.10 Å². The Morgan fingerprint density at radius 2 is 1.84 bits per heavy atom. The molecule has 192 valence electrons. The third-order valence-electron chi connectivity index (χ3n) is 6.37. The van der Waals surface area contributed by atoms with Gasteiger partial charge in [0, 0.05) is 30.5 Å². The normalized spacial score (nSPS) is 14.9. The van der Waals surface area contributed by atoms with Gasteiger partial charge in [0.05, 0.1) is 18.3 Å². The van der Waals surface area contributed by atoms with Gasteiger partial charge in [0.2, 0.25) is 11.8 Å². The minimum absolute atomic E-state index is 0.155. The van der Waals surface area contributed by atoms with Crippen LogP contribution in [0.15, 0.2) is 61.2 Å². The number of imidazole rings is 1. The Bertz CT molecular complexity index is 1650. The van der Waals surface area contributed by atoms with Crippen molar-refractivity contribution in [2.24, 2.45) is 0 Å². The zero-order valence-corrected chi connectivity index (χ0v) is 19.6. The Labute approximate surface area is 212 Å². The van der Waals surface area contributed by atoms with Crippen molar-refractivity contribution in [2.45, 2.75) is 31.1 Å². The second-order valence-corrected chi connectivity index (χ2v) is 9.23. The summed E-state index contributed by atoms with van der Waals surface area (Å²) < 4.78 is 55.8. The molecule has 1 aliphatic rings. The molecule has 0 saturated heterocycles. The molecule has 3 aromatic heterocycles. The van der Waals surface area contributed by atoms with Crippen molar-refractivity contribution < 1.29 is 22.4 Å². The quantitative estimate of drug-likeness (QED) is 0.300. The van der Waals surface area contributed by atoms with Crippen molar-refractivity contribution >= 4 is 22.9 Å². The predicted molar refractivity (Wildman–Crippen MR) is 130 cm³/mol. The zero-order chi connectivity index (χ0) is 26.4. The number of alkyl halides is 2. The minimum Gasteiger partial charge on any atom is -0.337 e. The Kier molecular flexibility index (Phi) is 5.66. The summed E-state index contributed by atoms with van der Waals surface area (Å²) in [5, 5.41) is 6.93. The number of anilines is 1. The molecule has 1 aliphatic carbocycles. The van der Waals surface area contributed by atoms with E-state index in [-0.39, 0.29) is 36.5 Å². The number of hydrogen-bond acceptors (Lipinski definition) is 5. The van der Waals surface area contributed by atoms with Gasteiger partial charge in [0.15, 0.2) is 11.5 Å². The average molecular weight is 521 g/mol. The molecule has 6 rings (SSSR count). The number of rotatable bonds is 6. The van der Waals surface area contributed by atoms with Crippen molar-refractivity contribution in [2.75, 3.05) is 5.32 Å². The monoisotopic (exact) mass is 521 g/mol. The van der Waals surface area contributed by atoms with Crippen LogP contribution in [0.2, 0.25) is 0 Å². The average Bonchev–Trinajstić information content (AvgIpc) is 3.51. The molecule has 0 radical (unpaired) electrons. The van der Waals surface area contributed by atoms with E-state index < -0.39 is 23.6 Å². The summed E-state index contributed by atoms with van der Waals surface area (Å²) in [5.74, 6) is -3.95. The standard InChI is InChI=1S/C26H19F4N7O/c27-18-1-3-20(4-2-18)37-12-17(11-33-37)15-5-14(6-19(28)8-15)7-21(38)34-24-22-25(32-13-31-24)36-23(35-22)16-9-26(29,30)10-16/h1-6,8,11-13,16H,7,9-10H2,(H2,31,32,34,35,36,38). The van der Waals surface area contributed by atoms with Crippen LogP contribution in [0.4, 0.5) is 23.4 Å². The highest BCUT2D eigenvalue weighted by molar-refractivity contribution is 5.97. The number of aromatic nitrogens is 6. The molecule has 1 saturated carbocycles. The van der Waals surface area contributed by atoms with Crippen LogP contribution >= 0.6 is 0 Å². The molecule has 2 aromatic carbocycles. The molecule has 1 amide bonds. The molecular formula is C26H19F4N7O. The first-order valence-electron chi connectivity index (χ1n) is 11.7. The van der Waals surface area contributed by atoms with Crippen LogP contribution in [0.25, 0.3) is 28.0 Å². The second kappa shape index (κ2) is 9.05. The Hall–Kier alpha value is -4.61. The molecule has 0 bridgehead atoms. The van der Waals surface area contributed by atoms with Crippen molar-refractivity contribution in [3.63, 3.8) is 0 Å². The van der Waals surface area contributed by atoms with E-state index >= 15 is 0 Å². The first-order chi connectivity index (χ1) is 18.2. The first-order valence-corrected chi connectivity index (χ1v) is 11.7. The number of nitrogens with zero attached hydrogens (tertiary/aromatic N) is 5. The van der Waals surface area contributed by atoms with Gasteiger partial charge in [-0.15, -0.1) is 0 Å². The summed E-state index contributed by atoms with van der Waals surface area (Å²) in [6.45, 7) is 0. The molecular weight excluding hydrogens is 502 g/mol. The summed E-state index contributed by atoms with van der Waals surface area (Å²) in [6.07, 6.45) is 3.69. The molecule has 2 N–H and O–H groups in total. The lowest BCUT2D eigenvalue weighted by Crippen LogP contribution is -2.34. The number of carbonyl (C=O) groups is 1. The molecule has 12 heteroatoms. The number of H-pyrrole nitrogens is 1. The van der Waals surface area contributed by atoms with E-state index in [2.05, 4.69) is 30.4 Å². The van der Waals surface area contributed by atoms with Crippen LogP contribution in [-0.4, -0.2) is 41.5 Å². The minimum atomic E-state index is -2.70. The molecule has 8 nitrogen and oxygen atoms in total. The maximum Gasteiger partial charge on any atom is 0.249 e. The summed E-state index contributed by atoms with van der Waals surface area (Å²) in [6, 6.07) is 10.0. The smallest absolute Gasteiger partial charge is 0.249 e. The van der Waals surface area contributed by atoms with Crippen molar-refractivity contribution in [3.05, 3.63) is 84.2 Å². The van der Waals surface area contributed by atoms with Crippen molar-refractivity contribution in [1.82, 2.24) is 29.7 Å². The van der Waals surface area contributed by atoms with E-state index in [4.69, 9.17) is 0 Å². The van der Waals surface area contributed by atoms with Gasteiger partial charge >= 0.3 is 0 Å². The number of hydrogen-bond donors (Lipinski definition) is 2. The summed E-state index contributed by atoms with van der Waals surface area (Å²) in [4.78, 5) is 28.2. The van der Waals surface area contributed by atoms with Gasteiger partial charge < -0.3 is 10.3 Å². The van der Waals surface area contributed by atoms with Gasteiger partial charge in [0.1, 0.15) is 29.3 Å². The number of halogens is 4. The fourth-order valence-corrected chi connectivity index (χ4v) is 4.48. The highest BCUT2D eigenvalue weighted by Crippen LogP contribution is 2.47. The summed E-state index contributed by atoms with van der Waals surface area (Å²) >= 11 is 0. The lowest BCUT2D eigenvalue weighted by atomic mass is 9.81. The molecule has 0 aliphatic heterocycles. The van der Waals surface area contributed by atoms with Crippen LogP contribution in [0, 0.1) is 11.6 Å². The Balaban J connectivity index is 1.19. The maximum atomic E-state index is 14.5. The SMILES string of the molecule is O=C(Cc1cc(F)cc(-c2cnn(-c3ccc(F)cc3)c2)c1)Nc1ncnc2nc(C3CC(F)(F)C3)[nH]c12. The van der Waals surface area contributed by atoms with Gasteiger partial charge in [-0.05, 0) is 47.5 Å². The van der Waals surface area contributed by atoms with Crippen LogP contribution in [0.1, 0.15) is 30.1 Å². The lowest BCUT2D eigenvalue weighted by Gasteiger charge is -2.33. The Morgan fingerprint density at radius 1 is 1.05 bits per heavy atom. The topological polar surface area (TPSA) is 101 Å². The van der Waals surface area contributed by atoms with E-state index in [0.29, 0.717) is 33.7 Å². The van der Waals surface area contributed by atoms with Crippen molar-refractivity contribution in [1.29, 1.82) is 0 Å². The van der Waals surface area contributed by atoms with E-state index in [1.165, 1.54) is 35.3 Å². The zero-order valence-electron chi connectivity index (χ0n) is 19.6. The van der Waals surface area contributed by atoms with E-state index in [9.17, 15) is 22.4 Å². The summed E-state index contributed by atoms with van der Waals surface area (Å²) in [5.41, 5.74) is 2.77. The van der Waals surface area contributed by atoms with Gasteiger partial charge in [-0.1, -0.05) is 6.07 Å². The summed E-state index contributed by atoms with van der Waals surface area (Å²) in [7, 11) is 0. The molecule has 0 atom stereocenters. The molecule has 38 heavy (non-hydrogen) atoms. The van der Waals surface area contributed by atoms with Crippen molar-refractivity contribution in [3.8, 4) is 16.8 Å². The first kappa shape index (κ1) is 23.8. The lowest BCUT2D eigenvalue weighted by molar-refractivity contribution is -0.115. The highest BCUT2D eigenvalue weighted by Gasteiger charge is 2.47. The molecule has 0 spiro atoms. The molecule has 0 unspecified atom stereocenters. The van der Waals surface area contributed by atoms with E-state index in [1.807, 2.05) is 0 Å². The fourth-order valence-electron chi connectivity index (χ4n) is 4.48. The van der Waals surface area contributed by atoms with Gasteiger partial charge in [-0.3, -0.25) is 4.79 Å². The third kappa shape index (κ3) is 4.72. The van der Waals surface area contributed by atoms with Crippen LogP contribution in [0.5, 0.6) is 0 Å². The highest BCUT2D eigenvalue weighted by atomic mass is 19.3. The second-order valence-electron chi connectivity index (χ2n) is 9.23.